The van der Waals surface area contributed by atoms with Crippen LogP contribution in [-0.2, 0) is 19.6 Å². The van der Waals surface area contributed by atoms with E-state index < -0.39 is 0 Å². The lowest BCUT2D eigenvalue weighted by Crippen LogP contribution is -2.15. The Balaban J connectivity index is 1.69. The molecule has 2 aromatic carbocycles. The van der Waals surface area contributed by atoms with Gasteiger partial charge in [-0.1, -0.05) is 48.0 Å². The Morgan fingerprint density at radius 2 is 1.72 bits per heavy atom. The highest BCUT2D eigenvalue weighted by molar-refractivity contribution is 6.31. The molecule has 0 aliphatic heterocycles. The van der Waals surface area contributed by atoms with Crippen LogP contribution >= 0.6 is 11.6 Å². The average molecular weight is 358 g/mol. The number of hydrogen-bond acceptors (Lipinski definition) is 2. The molecule has 25 heavy (non-hydrogen) atoms. The summed E-state index contributed by atoms with van der Waals surface area (Å²) in [7, 11) is 0. The summed E-state index contributed by atoms with van der Waals surface area (Å²) < 4.78 is 15.9. The molecule has 1 heterocycles. The van der Waals surface area contributed by atoms with Crippen molar-refractivity contribution in [2.45, 2.75) is 33.5 Å². The van der Waals surface area contributed by atoms with E-state index in [1.807, 2.05) is 29.8 Å². The van der Waals surface area contributed by atoms with Crippen molar-refractivity contribution in [2.75, 3.05) is 0 Å². The van der Waals surface area contributed by atoms with Crippen molar-refractivity contribution in [1.29, 1.82) is 0 Å². The third-order valence-electron chi connectivity index (χ3n) is 4.37. The van der Waals surface area contributed by atoms with E-state index in [1.165, 1.54) is 11.6 Å². The number of hydrogen-bond donors (Lipinski definition) is 1. The van der Waals surface area contributed by atoms with Crippen LogP contribution in [0.2, 0.25) is 5.02 Å². The molecular weight excluding hydrogens is 337 g/mol. The van der Waals surface area contributed by atoms with Crippen molar-refractivity contribution in [3.05, 3.63) is 87.4 Å². The highest BCUT2D eigenvalue weighted by atomic mass is 35.5. The van der Waals surface area contributed by atoms with Gasteiger partial charge in [-0.3, -0.25) is 4.68 Å². The van der Waals surface area contributed by atoms with E-state index in [0.717, 1.165) is 23.5 Å². The monoisotopic (exact) mass is 357 g/mol. The summed E-state index contributed by atoms with van der Waals surface area (Å²) >= 11 is 6.07. The summed E-state index contributed by atoms with van der Waals surface area (Å²) in [5.74, 6) is -0.284. The lowest BCUT2D eigenvalue weighted by atomic mass is 10.1. The molecule has 3 rings (SSSR count). The van der Waals surface area contributed by atoms with Crippen LogP contribution in [0.25, 0.3) is 0 Å². The molecule has 0 radical (unpaired) electrons. The van der Waals surface area contributed by atoms with Crippen molar-refractivity contribution in [3.8, 4) is 0 Å². The second-order valence-electron chi connectivity index (χ2n) is 6.10. The highest BCUT2D eigenvalue weighted by Gasteiger charge is 2.12. The van der Waals surface area contributed by atoms with Crippen LogP contribution in [0.3, 0.4) is 0 Å². The Bertz CT molecular complexity index is 839. The van der Waals surface area contributed by atoms with E-state index >= 15 is 0 Å². The van der Waals surface area contributed by atoms with Crippen molar-refractivity contribution in [2.24, 2.45) is 0 Å². The van der Waals surface area contributed by atoms with Gasteiger partial charge in [0.2, 0.25) is 0 Å². The maximum Gasteiger partial charge on any atom is 0.129 e. The lowest BCUT2D eigenvalue weighted by molar-refractivity contribution is 0.587. The third kappa shape index (κ3) is 4.09. The SMILES string of the molecule is Cc1nn(Cc2ccccc2)c(C)c1CNCc1c(F)cccc1Cl. The molecule has 0 spiro atoms. The largest absolute Gasteiger partial charge is 0.308 e. The minimum Gasteiger partial charge on any atom is -0.308 e. The summed E-state index contributed by atoms with van der Waals surface area (Å²) in [5.41, 5.74) is 4.96. The summed E-state index contributed by atoms with van der Waals surface area (Å²) in [5, 5.41) is 8.37. The molecule has 0 aliphatic carbocycles. The molecule has 0 bridgehead atoms. The van der Waals surface area contributed by atoms with Gasteiger partial charge in [-0.05, 0) is 31.5 Å². The normalized spacial score (nSPS) is 11.0. The summed E-state index contributed by atoms with van der Waals surface area (Å²) in [4.78, 5) is 0. The number of halogens is 2. The fourth-order valence-corrected chi connectivity index (χ4v) is 3.14. The van der Waals surface area contributed by atoms with Crippen LogP contribution in [0.4, 0.5) is 4.39 Å². The van der Waals surface area contributed by atoms with E-state index in [2.05, 4.69) is 29.5 Å². The molecule has 0 aliphatic rings. The van der Waals surface area contributed by atoms with E-state index in [9.17, 15) is 4.39 Å². The quantitative estimate of drug-likeness (QED) is 0.697. The van der Waals surface area contributed by atoms with E-state index in [-0.39, 0.29) is 5.82 Å². The highest BCUT2D eigenvalue weighted by Crippen LogP contribution is 2.19. The van der Waals surface area contributed by atoms with Crippen LogP contribution in [0.5, 0.6) is 0 Å². The molecule has 0 saturated carbocycles. The number of aromatic nitrogens is 2. The van der Waals surface area contributed by atoms with E-state index in [0.29, 0.717) is 23.7 Å². The first-order valence-electron chi connectivity index (χ1n) is 8.26. The van der Waals surface area contributed by atoms with Crippen LogP contribution in [0.1, 0.15) is 28.1 Å². The van der Waals surface area contributed by atoms with Crippen LogP contribution < -0.4 is 5.32 Å². The summed E-state index contributed by atoms with van der Waals surface area (Å²) in [6.45, 7) is 5.82. The maximum absolute atomic E-state index is 13.8. The molecule has 1 N–H and O–H groups in total. The number of benzene rings is 2. The maximum atomic E-state index is 13.8. The van der Waals surface area contributed by atoms with Gasteiger partial charge < -0.3 is 5.32 Å². The molecule has 1 aromatic heterocycles. The Kier molecular flexibility index (Phi) is 5.51. The molecule has 0 saturated heterocycles. The lowest BCUT2D eigenvalue weighted by Gasteiger charge is -2.09. The smallest absolute Gasteiger partial charge is 0.129 e. The molecule has 0 fully saturated rings. The summed E-state index contributed by atoms with van der Waals surface area (Å²) in [6, 6.07) is 15.0. The van der Waals surface area contributed by atoms with Crippen molar-refractivity contribution in [3.63, 3.8) is 0 Å². The standard InChI is InChI=1S/C20H21ClFN3/c1-14-17(11-23-12-18-19(21)9-6-10-20(18)22)15(2)25(24-14)13-16-7-4-3-5-8-16/h3-10,23H,11-13H2,1-2H3. The number of rotatable bonds is 6. The zero-order chi connectivity index (χ0) is 17.8. The molecule has 3 nitrogen and oxygen atoms in total. The number of nitrogens with zero attached hydrogens (tertiary/aromatic N) is 2. The van der Waals surface area contributed by atoms with Gasteiger partial charge in [-0.25, -0.2) is 4.39 Å². The predicted molar refractivity (Wildman–Crippen MR) is 99.2 cm³/mol. The van der Waals surface area contributed by atoms with Crippen molar-refractivity contribution < 1.29 is 4.39 Å². The average Bonchev–Trinajstić information content (AvgIpc) is 2.85. The zero-order valence-corrected chi connectivity index (χ0v) is 15.1. The Morgan fingerprint density at radius 3 is 2.44 bits per heavy atom. The molecule has 0 unspecified atom stereocenters. The van der Waals surface area contributed by atoms with Gasteiger partial charge in [0, 0.05) is 34.9 Å². The molecule has 3 aromatic rings. The van der Waals surface area contributed by atoms with Gasteiger partial charge in [0.1, 0.15) is 5.82 Å². The fourth-order valence-electron chi connectivity index (χ4n) is 2.91. The molecule has 130 valence electrons. The minimum atomic E-state index is -0.284. The van der Waals surface area contributed by atoms with E-state index in [1.54, 1.807) is 12.1 Å². The van der Waals surface area contributed by atoms with Gasteiger partial charge >= 0.3 is 0 Å². The predicted octanol–water partition coefficient (Wildman–Crippen LogP) is 4.63. The molecule has 0 atom stereocenters. The zero-order valence-electron chi connectivity index (χ0n) is 14.4. The second-order valence-corrected chi connectivity index (χ2v) is 6.50. The van der Waals surface area contributed by atoms with Gasteiger partial charge in [0.05, 0.1) is 12.2 Å². The number of aryl methyl sites for hydroxylation is 1. The first-order valence-corrected chi connectivity index (χ1v) is 8.64. The van der Waals surface area contributed by atoms with Crippen molar-refractivity contribution >= 4 is 11.6 Å². The topological polar surface area (TPSA) is 29.9 Å². The van der Waals surface area contributed by atoms with E-state index in [4.69, 9.17) is 11.6 Å². The number of nitrogens with one attached hydrogen (secondary N) is 1. The fraction of sp³-hybridized carbons (Fsp3) is 0.250. The Hall–Kier alpha value is -2.17. The van der Waals surface area contributed by atoms with Crippen LogP contribution in [0.15, 0.2) is 48.5 Å². The Morgan fingerprint density at radius 1 is 1.00 bits per heavy atom. The van der Waals surface area contributed by atoms with Gasteiger partial charge in [0.15, 0.2) is 0 Å². The molecule has 5 heteroatoms. The van der Waals surface area contributed by atoms with Gasteiger partial charge in [0.25, 0.3) is 0 Å². The van der Waals surface area contributed by atoms with Crippen LogP contribution in [-0.4, -0.2) is 9.78 Å². The van der Waals surface area contributed by atoms with Crippen LogP contribution in [0, 0.1) is 19.7 Å². The molecular formula is C20H21ClFN3. The Labute approximate surface area is 152 Å². The van der Waals surface area contributed by atoms with Gasteiger partial charge in [-0.2, -0.15) is 5.10 Å². The summed E-state index contributed by atoms with van der Waals surface area (Å²) in [6.07, 6.45) is 0. The molecule has 0 amide bonds. The van der Waals surface area contributed by atoms with Gasteiger partial charge in [-0.15, -0.1) is 0 Å². The van der Waals surface area contributed by atoms with Crippen molar-refractivity contribution in [1.82, 2.24) is 15.1 Å². The first kappa shape index (κ1) is 17.6. The minimum absolute atomic E-state index is 0.284. The first-order chi connectivity index (χ1) is 12.1. The third-order valence-corrected chi connectivity index (χ3v) is 4.73. The second kappa shape index (κ2) is 7.81.